The summed E-state index contributed by atoms with van der Waals surface area (Å²) in [6.07, 6.45) is 1.02. The van der Waals surface area contributed by atoms with Gasteiger partial charge in [0.25, 0.3) is 0 Å². The normalized spacial score (nSPS) is 10.3. The molecule has 0 atom stereocenters. The van der Waals surface area contributed by atoms with E-state index in [4.69, 9.17) is 16.3 Å². The van der Waals surface area contributed by atoms with Crippen molar-refractivity contribution in [2.24, 2.45) is 0 Å². The van der Waals surface area contributed by atoms with Crippen LogP contribution in [0, 0.1) is 0 Å². The Hall–Kier alpha value is -2.13. The number of hydrogen-bond donors (Lipinski definition) is 0. The molecule has 0 spiro atoms. The fourth-order valence-corrected chi connectivity index (χ4v) is 2.21. The van der Waals surface area contributed by atoms with Crippen molar-refractivity contribution in [3.63, 3.8) is 0 Å². The number of aryl methyl sites for hydroxylation is 1. The highest BCUT2D eigenvalue weighted by atomic mass is 35.5. The van der Waals surface area contributed by atoms with E-state index in [1.807, 2.05) is 24.3 Å². The number of carbonyl (C=O) groups excluding carboxylic acids is 2. The van der Waals surface area contributed by atoms with E-state index in [0.717, 1.165) is 5.56 Å². The molecule has 0 fully saturated rings. The third kappa shape index (κ3) is 4.43. The lowest BCUT2D eigenvalue weighted by atomic mass is 10.0. The van der Waals surface area contributed by atoms with Crippen LogP contribution in [-0.2, 0) is 11.2 Å². The number of Topliss-reactive ketones (excluding diaryl/α,β-unsaturated/α-hetero) is 1. The molecule has 0 aliphatic rings. The van der Waals surface area contributed by atoms with Crippen LogP contribution in [0.25, 0.3) is 0 Å². The van der Waals surface area contributed by atoms with Crippen molar-refractivity contribution in [1.82, 2.24) is 0 Å². The van der Waals surface area contributed by atoms with Crippen LogP contribution in [0.2, 0.25) is 5.02 Å². The Morgan fingerprint density at radius 2 is 1.73 bits per heavy atom. The molecule has 3 nitrogen and oxygen atoms in total. The van der Waals surface area contributed by atoms with E-state index < -0.39 is 5.97 Å². The number of ether oxygens (including phenoxy) is 1. The van der Waals surface area contributed by atoms with Crippen LogP contribution in [-0.4, -0.2) is 18.4 Å². The molecule has 0 radical (unpaired) electrons. The number of esters is 1. The molecule has 0 saturated carbocycles. The molecule has 0 aliphatic heterocycles. The highest BCUT2D eigenvalue weighted by Crippen LogP contribution is 2.14. The Kier molecular flexibility index (Phi) is 5.73. The highest BCUT2D eigenvalue weighted by Gasteiger charge is 2.11. The van der Waals surface area contributed by atoms with Gasteiger partial charge in [-0.15, -0.1) is 0 Å². The van der Waals surface area contributed by atoms with E-state index in [-0.39, 0.29) is 5.78 Å². The first-order chi connectivity index (χ1) is 10.6. The second kappa shape index (κ2) is 7.76. The summed E-state index contributed by atoms with van der Waals surface area (Å²) in [5.41, 5.74) is 1.98. The number of carbonyl (C=O) groups is 2. The van der Waals surface area contributed by atoms with Gasteiger partial charge in [-0.05, 0) is 43.2 Å². The summed E-state index contributed by atoms with van der Waals surface area (Å²) < 4.78 is 4.94. The minimum Gasteiger partial charge on any atom is -0.462 e. The molecule has 0 aromatic heterocycles. The van der Waals surface area contributed by atoms with E-state index in [0.29, 0.717) is 35.6 Å². The minimum atomic E-state index is -0.408. The van der Waals surface area contributed by atoms with E-state index in [2.05, 4.69) is 0 Å². The molecule has 0 amide bonds. The fraction of sp³-hybridized carbons (Fsp3) is 0.222. The number of hydrogen-bond acceptors (Lipinski definition) is 3. The maximum Gasteiger partial charge on any atom is 0.338 e. The molecule has 0 saturated heterocycles. The maximum absolute atomic E-state index is 12.2. The van der Waals surface area contributed by atoms with Crippen LogP contribution in [0.1, 0.15) is 39.6 Å². The smallest absolute Gasteiger partial charge is 0.338 e. The zero-order valence-corrected chi connectivity index (χ0v) is 13.1. The van der Waals surface area contributed by atoms with Crippen molar-refractivity contribution in [1.29, 1.82) is 0 Å². The molecule has 0 heterocycles. The lowest BCUT2D eigenvalue weighted by molar-refractivity contribution is 0.0526. The van der Waals surface area contributed by atoms with Gasteiger partial charge in [-0.2, -0.15) is 0 Å². The molecule has 2 rings (SSSR count). The van der Waals surface area contributed by atoms with E-state index >= 15 is 0 Å². The third-order valence-corrected chi connectivity index (χ3v) is 3.50. The molecule has 0 unspecified atom stereocenters. The third-order valence-electron chi connectivity index (χ3n) is 3.25. The van der Waals surface area contributed by atoms with Crippen molar-refractivity contribution < 1.29 is 14.3 Å². The zero-order chi connectivity index (χ0) is 15.9. The maximum atomic E-state index is 12.2. The Morgan fingerprint density at radius 1 is 1.05 bits per heavy atom. The molecular weight excluding hydrogens is 300 g/mol. The van der Waals surface area contributed by atoms with Gasteiger partial charge in [0.05, 0.1) is 12.2 Å². The van der Waals surface area contributed by atoms with Gasteiger partial charge in [0, 0.05) is 17.0 Å². The highest BCUT2D eigenvalue weighted by molar-refractivity contribution is 6.30. The largest absolute Gasteiger partial charge is 0.462 e. The van der Waals surface area contributed by atoms with Gasteiger partial charge in [0.2, 0.25) is 0 Å². The predicted molar refractivity (Wildman–Crippen MR) is 86.5 cm³/mol. The SMILES string of the molecule is CCOC(=O)c1cccc(C(=O)CCc2ccc(Cl)cc2)c1. The van der Waals surface area contributed by atoms with Gasteiger partial charge in [-0.3, -0.25) is 4.79 Å². The predicted octanol–water partition coefficient (Wildman–Crippen LogP) is 4.33. The van der Waals surface area contributed by atoms with E-state index in [1.165, 1.54) is 0 Å². The van der Waals surface area contributed by atoms with Crippen LogP contribution in [0.15, 0.2) is 48.5 Å². The molecule has 0 aliphatic carbocycles. The Morgan fingerprint density at radius 3 is 2.41 bits per heavy atom. The number of rotatable bonds is 6. The van der Waals surface area contributed by atoms with Crippen molar-refractivity contribution in [2.75, 3.05) is 6.61 Å². The zero-order valence-electron chi connectivity index (χ0n) is 12.3. The Bertz CT molecular complexity index is 662. The monoisotopic (exact) mass is 316 g/mol. The number of halogens is 1. The summed E-state index contributed by atoms with van der Waals surface area (Å²) in [5, 5.41) is 0.678. The topological polar surface area (TPSA) is 43.4 Å². The second-order valence-electron chi connectivity index (χ2n) is 4.85. The summed E-state index contributed by atoms with van der Waals surface area (Å²) >= 11 is 5.83. The van der Waals surface area contributed by atoms with Crippen molar-refractivity contribution >= 4 is 23.4 Å². The molecule has 2 aromatic carbocycles. The molecule has 4 heteroatoms. The Balaban J connectivity index is 2.01. The van der Waals surface area contributed by atoms with Gasteiger partial charge < -0.3 is 4.74 Å². The lowest BCUT2D eigenvalue weighted by Gasteiger charge is -2.05. The first-order valence-electron chi connectivity index (χ1n) is 7.15. The average Bonchev–Trinajstić information content (AvgIpc) is 2.54. The lowest BCUT2D eigenvalue weighted by Crippen LogP contribution is -2.07. The van der Waals surface area contributed by atoms with Crippen molar-refractivity contribution in [3.8, 4) is 0 Å². The quantitative estimate of drug-likeness (QED) is 0.588. The molecular formula is C18H17ClO3. The molecule has 0 bridgehead atoms. The number of benzene rings is 2. The summed E-state index contributed by atoms with van der Waals surface area (Å²) in [5.74, 6) is -0.407. The van der Waals surface area contributed by atoms with E-state index in [9.17, 15) is 9.59 Å². The molecule has 2 aromatic rings. The van der Waals surface area contributed by atoms with E-state index in [1.54, 1.807) is 31.2 Å². The second-order valence-corrected chi connectivity index (χ2v) is 5.29. The standard InChI is InChI=1S/C18H17ClO3/c1-2-22-18(21)15-5-3-4-14(12-15)17(20)11-8-13-6-9-16(19)10-7-13/h3-7,9-10,12H,2,8,11H2,1H3. The van der Waals surface area contributed by atoms with Crippen molar-refractivity contribution in [3.05, 3.63) is 70.2 Å². The van der Waals surface area contributed by atoms with Gasteiger partial charge >= 0.3 is 5.97 Å². The van der Waals surface area contributed by atoms with Crippen LogP contribution >= 0.6 is 11.6 Å². The van der Waals surface area contributed by atoms with Gasteiger partial charge in [0.1, 0.15) is 0 Å². The van der Waals surface area contributed by atoms with Gasteiger partial charge in [0.15, 0.2) is 5.78 Å². The summed E-state index contributed by atoms with van der Waals surface area (Å²) in [6, 6.07) is 14.1. The van der Waals surface area contributed by atoms with Gasteiger partial charge in [-0.1, -0.05) is 35.9 Å². The van der Waals surface area contributed by atoms with Crippen LogP contribution in [0.3, 0.4) is 0 Å². The average molecular weight is 317 g/mol. The fourth-order valence-electron chi connectivity index (χ4n) is 2.09. The van der Waals surface area contributed by atoms with Crippen LogP contribution in [0.5, 0.6) is 0 Å². The van der Waals surface area contributed by atoms with Crippen molar-refractivity contribution in [2.45, 2.75) is 19.8 Å². The first kappa shape index (κ1) is 16.2. The first-order valence-corrected chi connectivity index (χ1v) is 7.52. The summed E-state index contributed by atoms with van der Waals surface area (Å²) in [4.78, 5) is 23.9. The summed E-state index contributed by atoms with van der Waals surface area (Å²) in [6.45, 7) is 2.06. The molecule has 22 heavy (non-hydrogen) atoms. The van der Waals surface area contributed by atoms with Gasteiger partial charge in [-0.25, -0.2) is 4.79 Å². The minimum absolute atomic E-state index is 0.00102. The van der Waals surface area contributed by atoms with Crippen LogP contribution in [0.4, 0.5) is 0 Å². The van der Waals surface area contributed by atoms with Crippen LogP contribution < -0.4 is 0 Å². The number of ketones is 1. The molecule has 114 valence electrons. The summed E-state index contributed by atoms with van der Waals surface area (Å²) in [7, 11) is 0. The Labute approximate surface area is 134 Å². The molecule has 0 N–H and O–H groups in total.